The topological polar surface area (TPSA) is 18.5 Å². The highest BCUT2D eigenvalue weighted by molar-refractivity contribution is 5.43. The zero-order chi connectivity index (χ0) is 18.7. The summed E-state index contributed by atoms with van der Waals surface area (Å²) in [5.41, 5.74) is -1.44. The van der Waals surface area contributed by atoms with Crippen molar-refractivity contribution >= 4 is 0 Å². The Morgan fingerprint density at radius 2 is 1.36 bits per heavy atom. The van der Waals surface area contributed by atoms with Gasteiger partial charge in [0.1, 0.15) is 11.3 Å². The molecule has 136 valence electrons. The van der Waals surface area contributed by atoms with E-state index < -0.39 is 29.1 Å². The fraction of sp³-hybridized carbons (Fsp3) is 0.474. The lowest BCUT2D eigenvalue weighted by Crippen LogP contribution is -2.13. The van der Waals surface area contributed by atoms with Gasteiger partial charge in [0.25, 0.3) is 0 Å². The van der Waals surface area contributed by atoms with Crippen molar-refractivity contribution in [1.82, 2.24) is 0 Å². The Labute approximate surface area is 145 Å². The summed E-state index contributed by atoms with van der Waals surface area (Å²) in [6.07, 6.45) is -2.89. The molecule has 25 heavy (non-hydrogen) atoms. The number of alkyl halides is 3. The zero-order valence-electron chi connectivity index (χ0n) is 14.2. The number of rotatable bonds is 8. The maximum atomic E-state index is 14.3. The van der Waals surface area contributed by atoms with Crippen LogP contribution >= 0.6 is 0 Å². The first-order valence-electron chi connectivity index (χ1n) is 7.86. The van der Waals surface area contributed by atoms with E-state index in [1.807, 2.05) is 0 Å². The molecule has 0 aliphatic carbocycles. The summed E-state index contributed by atoms with van der Waals surface area (Å²) in [7, 11) is 0. The van der Waals surface area contributed by atoms with Crippen LogP contribution < -0.4 is 9.47 Å². The Kier molecular flexibility index (Phi) is 8.70. The van der Waals surface area contributed by atoms with E-state index in [4.69, 9.17) is 9.47 Å². The molecular formula is C19H20F4O2. The van der Waals surface area contributed by atoms with Crippen LogP contribution in [0.25, 0.3) is 0 Å². The number of unbranched alkanes of at least 4 members (excludes halogenated alkanes) is 2. The third kappa shape index (κ3) is 6.97. The monoisotopic (exact) mass is 356 g/mol. The molecule has 2 nitrogen and oxygen atoms in total. The van der Waals surface area contributed by atoms with E-state index in [9.17, 15) is 17.6 Å². The largest absolute Gasteiger partial charge is 0.493 e. The first-order valence-corrected chi connectivity index (χ1v) is 7.86. The molecule has 0 aromatic heterocycles. The van der Waals surface area contributed by atoms with Gasteiger partial charge in [-0.25, -0.2) is 4.39 Å². The molecular weight excluding hydrogens is 336 g/mol. The fourth-order valence-corrected chi connectivity index (χ4v) is 1.97. The number of benzene rings is 1. The first kappa shape index (κ1) is 20.7. The molecule has 0 amide bonds. The number of ether oxygens (including phenoxy) is 2. The Bertz CT molecular complexity index is 673. The van der Waals surface area contributed by atoms with Gasteiger partial charge in [-0.15, -0.1) is 23.7 Å². The standard InChI is InChI=1S/C19H20F4O2/c1-3-5-7-9-13-24-15-11-12-16(25-14-10-8-6-4-2)18(20)17(15)19(21,22)23/h11-12H,7-10,13-14H2,1-2H3. The highest BCUT2D eigenvalue weighted by Gasteiger charge is 2.39. The van der Waals surface area contributed by atoms with Gasteiger partial charge in [0.2, 0.25) is 0 Å². The molecule has 0 heterocycles. The van der Waals surface area contributed by atoms with Crippen molar-refractivity contribution in [1.29, 1.82) is 0 Å². The van der Waals surface area contributed by atoms with Crippen LogP contribution in [0.5, 0.6) is 11.5 Å². The number of hydrogen-bond acceptors (Lipinski definition) is 2. The Morgan fingerprint density at radius 1 is 0.880 bits per heavy atom. The van der Waals surface area contributed by atoms with Crippen molar-refractivity contribution in [3.63, 3.8) is 0 Å². The molecule has 0 spiro atoms. The van der Waals surface area contributed by atoms with E-state index in [1.54, 1.807) is 13.8 Å². The third-order valence-corrected chi connectivity index (χ3v) is 3.11. The third-order valence-electron chi connectivity index (χ3n) is 3.11. The summed E-state index contributed by atoms with van der Waals surface area (Å²) in [6, 6.07) is 2.23. The van der Waals surface area contributed by atoms with Crippen LogP contribution in [0.1, 0.15) is 45.1 Å². The molecule has 0 saturated heterocycles. The second-order valence-corrected chi connectivity index (χ2v) is 5.01. The van der Waals surface area contributed by atoms with Gasteiger partial charge in [-0.2, -0.15) is 13.2 Å². The average Bonchev–Trinajstić information content (AvgIpc) is 2.55. The summed E-state index contributed by atoms with van der Waals surface area (Å²) in [5.74, 6) is 8.51. The van der Waals surface area contributed by atoms with Gasteiger partial charge in [0, 0.05) is 12.8 Å². The summed E-state index contributed by atoms with van der Waals surface area (Å²) in [5, 5.41) is 0. The first-order chi connectivity index (χ1) is 11.9. The lowest BCUT2D eigenvalue weighted by atomic mass is 10.1. The molecule has 0 radical (unpaired) electrons. The average molecular weight is 356 g/mol. The minimum absolute atomic E-state index is 0.0209. The summed E-state index contributed by atoms with van der Waals surface area (Å²) >= 11 is 0. The lowest BCUT2D eigenvalue weighted by molar-refractivity contribution is -0.141. The summed E-state index contributed by atoms with van der Waals surface area (Å²) in [6.45, 7) is 3.46. The second kappa shape index (κ2) is 10.5. The minimum Gasteiger partial charge on any atom is -0.493 e. The van der Waals surface area contributed by atoms with Gasteiger partial charge in [-0.1, -0.05) is 0 Å². The molecule has 0 aliphatic heterocycles. The quantitative estimate of drug-likeness (QED) is 0.362. The predicted molar refractivity (Wildman–Crippen MR) is 87.8 cm³/mol. The lowest BCUT2D eigenvalue weighted by Gasteiger charge is -2.17. The molecule has 1 aromatic carbocycles. The molecule has 1 aromatic rings. The van der Waals surface area contributed by atoms with Gasteiger partial charge in [0.05, 0.1) is 13.2 Å². The highest BCUT2D eigenvalue weighted by Crippen LogP contribution is 2.41. The predicted octanol–water partition coefficient (Wildman–Crippen LogP) is 5.21. The van der Waals surface area contributed by atoms with E-state index in [0.29, 0.717) is 25.7 Å². The molecule has 1 rings (SSSR count). The molecule has 0 N–H and O–H groups in total. The van der Waals surface area contributed by atoms with Crippen molar-refractivity contribution in [2.75, 3.05) is 13.2 Å². The highest BCUT2D eigenvalue weighted by atomic mass is 19.4. The van der Waals surface area contributed by atoms with Gasteiger partial charge >= 0.3 is 6.18 Å². The molecule has 6 heteroatoms. The van der Waals surface area contributed by atoms with Crippen molar-refractivity contribution in [3.05, 3.63) is 23.5 Å². The molecule has 0 saturated carbocycles. The second-order valence-electron chi connectivity index (χ2n) is 5.01. The summed E-state index contributed by atoms with van der Waals surface area (Å²) < 4.78 is 64.1. The van der Waals surface area contributed by atoms with Crippen molar-refractivity contribution < 1.29 is 27.0 Å². The van der Waals surface area contributed by atoms with Crippen LogP contribution in [-0.4, -0.2) is 13.2 Å². The van der Waals surface area contributed by atoms with Crippen molar-refractivity contribution in [2.24, 2.45) is 0 Å². The van der Waals surface area contributed by atoms with Crippen LogP contribution in [0, 0.1) is 29.5 Å². The molecule has 0 atom stereocenters. The fourth-order valence-electron chi connectivity index (χ4n) is 1.97. The van der Waals surface area contributed by atoms with Gasteiger partial charge < -0.3 is 9.47 Å². The molecule has 0 fully saturated rings. The molecule has 0 aliphatic rings. The smallest absolute Gasteiger partial charge is 0.422 e. The van der Waals surface area contributed by atoms with Crippen LogP contribution in [0.3, 0.4) is 0 Å². The van der Waals surface area contributed by atoms with Crippen LogP contribution in [0.2, 0.25) is 0 Å². The van der Waals surface area contributed by atoms with E-state index in [-0.39, 0.29) is 13.2 Å². The van der Waals surface area contributed by atoms with Crippen molar-refractivity contribution in [3.8, 4) is 35.2 Å². The molecule has 0 bridgehead atoms. The van der Waals surface area contributed by atoms with Crippen LogP contribution in [-0.2, 0) is 6.18 Å². The Balaban J connectivity index is 2.85. The van der Waals surface area contributed by atoms with Crippen molar-refractivity contribution in [2.45, 2.75) is 45.7 Å². The van der Waals surface area contributed by atoms with Crippen LogP contribution in [0.4, 0.5) is 17.6 Å². The van der Waals surface area contributed by atoms with E-state index >= 15 is 0 Å². The van der Waals surface area contributed by atoms with E-state index in [1.165, 1.54) is 0 Å². The SMILES string of the molecule is CC#CCCCOc1ccc(OCCCC#CC)c(C(F)(F)F)c1F. The normalized spacial score (nSPS) is 10.3. The Morgan fingerprint density at radius 3 is 1.84 bits per heavy atom. The maximum Gasteiger partial charge on any atom is 0.422 e. The summed E-state index contributed by atoms with van der Waals surface area (Å²) in [4.78, 5) is 0. The van der Waals surface area contributed by atoms with Gasteiger partial charge in [-0.05, 0) is 38.8 Å². The minimum atomic E-state index is -4.88. The number of halogens is 4. The van der Waals surface area contributed by atoms with E-state index in [0.717, 1.165) is 12.1 Å². The van der Waals surface area contributed by atoms with E-state index in [2.05, 4.69) is 23.7 Å². The van der Waals surface area contributed by atoms with Gasteiger partial charge in [-0.3, -0.25) is 0 Å². The number of hydrogen-bond donors (Lipinski definition) is 0. The maximum absolute atomic E-state index is 14.3. The van der Waals surface area contributed by atoms with Gasteiger partial charge in [0.15, 0.2) is 11.6 Å². The zero-order valence-corrected chi connectivity index (χ0v) is 14.2. The van der Waals surface area contributed by atoms with Crippen LogP contribution in [0.15, 0.2) is 12.1 Å². The Hall–Kier alpha value is -2.34. The molecule has 0 unspecified atom stereocenters.